The number of aliphatic hydroxyl groups is 4. The van der Waals surface area contributed by atoms with Gasteiger partial charge in [-0.25, -0.2) is 0 Å². The van der Waals surface area contributed by atoms with Gasteiger partial charge >= 0.3 is 0 Å². The molecule has 0 spiro atoms. The molecule has 6 N–H and O–H groups in total. The number of ether oxygens (including phenoxy) is 2. The predicted molar refractivity (Wildman–Crippen MR) is 94.6 cm³/mol. The topological polar surface area (TPSA) is 272 Å². The average Bonchev–Trinajstić information content (AvgIpc) is 2.68. The second-order valence-electron chi connectivity index (χ2n) is 6.87. The maximum absolute atomic E-state index is 10.4. The van der Waals surface area contributed by atoms with Gasteiger partial charge in [-0.2, -0.15) is 0 Å². The van der Waals surface area contributed by atoms with Crippen molar-refractivity contribution in [2.75, 3.05) is 0 Å². The fourth-order valence-corrected chi connectivity index (χ4v) is 3.46. The summed E-state index contributed by atoms with van der Waals surface area (Å²) in [4.78, 5) is 7.85. The van der Waals surface area contributed by atoms with E-state index in [1.165, 1.54) is 6.92 Å². The van der Waals surface area contributed by atoms with E-state index >= 15 is 0 Å². The number of aliphatic hydroxyl groups excluding tert-OH is 4. The maximum atomic E-state index is 10.4. The fraction of sp³-hybridized carbons (Fsp3) is 1.00. The summed E-state index contributed by atoms with van der Waals surface area (Å²) in [6.07, 6.45) is -10.4. The van der Waals surface area contributed by atoms with Crippen molar-refractivity contribution in [1.29, 1.82) is 0 Å². The Bertz CT molecular complexity index is 721. The molecule has 1 heterocycles. The number of azide groups is 3. The van der Waals surface area contributed by atoms with Crippen LogP contribution in [0.2, 0.25) is 0 Å². The Morgan fingerprint density at radius 3 is 2.07 bits per heavy atom. The van der Waals surface area contributed by atoms with Crippen LogP contribution in [0.15, 0.2) is 15.3 Å². The monoisotopic (exact) mass is 414 g/mol. The zero-order valence-corrected chi connectivity index (χ0v) is 15.3. The number of hydrogen-bond donors (Lipinski definition) is 5. The van der Waals surface area contributed by atoms with Crippen molar-refractivity contribution in [1.82, 2.24) is 0 Å². The first-order valence-corrected chi connectivity index (χ1v) is 8.68. The van der Waals surface area contributed by atoms with Crippen molar-refractivity contribution in [2.24, 2.45) is 21.1 Å². The molecule has 11 atom stereocenters. The van der Waals surface area contributed by atoms with E-state index in [4.69, 9.17) is 31.8 Å². The van der Waals surface area contributed by atoms with Crippen molar-refractivity contribution in [3.63, 3.8) is 0 Å². The summed E-state index contributed by atoms with van der Waals surface area (Å²) in [5.74, 6) is 0. The zero-order valence-electron chi connectivity index (χ0n) is 15.3. The molecule has 160 valence electrons. The van der Waals surface area contributed by atoms with Gasteiger partial charge in [-0.1, -0.05) is 15.3 Å². The quantitative estimate of drug-likeness (QED) is 0.212. The Morgan fingerprint density at radius 1 is 0.931 bits per heavy atom. The first-order valence-electron chi connectivity index (χ1n) is 8.68. The molecule has 1 saturated heterocycles. The predicted octanol–water partition coefficient (Wildman–Crippen LogP) is -0.672. The maximum Gasteiger partial charge on any atom is 0.169 e. The van der Waals surface area contributed by atoms with Crippen LogP contribution in [0.3, 0.4) is 0 Å². The number of rotatable bonds is 6. The van der Waals surface area contributed by atoms with Crippen LogP contribution >= 0.6 is 0 Å². The number of nitrogens with zero attached hydrogens (tertiary/aromatic N) is 9. The highest BCUT2D eigenvalue weighted by molar-refractivity contribution is 5.02. The van der Waals surface area contributed by atoms with Crippen LogP contribution < -0.4 is 5.73 Å². The van der Waals surface area contributed by atoms with Gasteiger partial charge in [0.2, 0.25) is 0 Å². The van der Waals surface area contributed by atoms with Crippen molar-refractivity contribution >= 4 is 0 Å². The summed E-state index contributed by atoms with van der Waals surface area (Å²) < 4.78 is 11.2. The number of nitrogens with two attached hydrogens (primary N) is 1. The molecule has 2 fully saturated rings. The van der Waals surface area contributed by atoms with E-state index in [2.05, 4.69) is 30.1 Å². The highest BCUT2D eigenvalue weighted by Gasteiger charge is 2.50. The van der Waals surface area contributed by atoms with Gasteiger partial charge in [0.25, 0.3) is 0 Å². The second-order valence-corrected chi connectivity index (χ2v) is 6.87. The molecular weight excluding hydrogens is 392 g/mol. The molecule has 0 radical (unpaired) electrons. The molecule has 16 heteroatoms. The van der Waals surface area contributed by atoms with E-state index in [-0.39, 0.29) is 6.42 Å². The zero-order chi connectivity index (χ0) is 21.7. The van der Waals surface area contributed by atoms with E-state index in [0.29, 0.717) is 0 Å². The lowest BCUT2D eigenvalue weighted by Gasteiger charge is -2.46. The lowest BCUT2D eigenvalue weighted by molar-refractivity contribution is -0.291. The van der Waals surface area contributed by atoms with Crippen LogP contribution in [-0.2, 0) is 9.47 Å². The van der Waals surface area contributed by atoms with Gasteiger partial charge in [0.1, 0.15) is 24.4 Å². The summed E-state index contributed by atoms with van der Waals surface area (Å²) in [6, 6.07) is -4.32. The van der Waals surface area contributed by atoms with Gasteiger partial charge < -0.3 is 35.6 Å². The van der Waals surface area contributed by atoms with Gasteiger partial charge in [-0.05, 0) is 29.9 Å². The lowest BCUT2D eigenvalue weighted by Crippen LogP contribution is -2.64. The smallest absolute Gasteiger partial charge is 0.169 e. The van der Waals surface area contributed by atoms with Crippen LogP contribution in [0.4, 0.5) is 0 Å². The van der Waals surface area contributed by atoms with E-state index in [1.54, 1.807) is 0 Å². The second kappa shape index (κ2) is 9.91. The molecule has 1 aliphatic heterocycles. The highest BCUT2D eigenvalue weighted by Crippen LogP contribution is 2.33. The summed E-state index contributed by atoms with van der Waals surface area (Å²) in [6.45, 7) is 1.51. The van der Waals surface area contributed by atoms with Crippen LogP contribution in [0, 0.1) is 0 Å². The van der Waals surface area contributed by atoms with Gasteiger partial charge in [-0.3, -0.25) is 0 Å². The Hall–Kier alpha value is -2.35. The van der Waals surface area contributed by atoms with Crippen LogP contribution in [0.25, 0.3) is 31.3 Å². The van der Waals surface area contributed by atoms with Crippen molar-refractivity contribution in [3.05, 3.63) is 31.3 Å². The van der Waals surface area contributed by atoms with E-state index < -0.39 is 67.1 Å². The van der Waals surface area contributed by atoms with Crippen LogP contribution in [-0.4, -0.2) is 87.5 Å². The van der Waals surface area contributed by atoms with Gasteiger partial charge in [0, 0.05) is 20.8 Å². The largest absolute Gasteiger partial charge is 0.390 e. The molecule has 0 bridgehead atoms. The van der Waals surface area contributed by atoms with Crippen LogP contribution in [0.5, 0.6) is 0 Å². The molecule has 0 amide bonds. The third-order valence-electron chi connectivity index (χ3n) is 4.94. The summed E-state index contributed by atoms with van der Waals surface area (Å²) >= 11 is 0. The normalized spacial score (nSPS) is 43.2. The van der Waals surface area contributed by atoms with Gasteiger partial charge in [0.15, 0.2) is 6.29 Å². The molecule has 1 saturated carbocycles. The van der Waals surface area contributed by atoms with E-state index in [1.807, 2.05) is 0 Å². The van der Waals surface area contributed by atoms with Crippen molar-refractivity contribution in [3.8, 4) is 0 Å². The molecule has 0 aromatic rings. The Balaban J connectivity index is 2.34. The van der Waals surface area contributed by atoms with Crippen LogP contribution in [0.1, 0.15) is 13.3 Å². The molecule has 2 aliphatic rings. The Kier molecular flexibility index (Phi) is 7.84. The summed E-state index contributed by atoms with van der Waals surface area (Å²) in [7, 11) is 0. The molecule has 16 nitrogen and oxygen atoms in total. The third kappa shape index (κ3) is 4.80. The fourth-order valence-electron chi connectivity index (χ4n) is 3.46. The van der Waals surface area contributed by atoms with Gasteiger partial charge in [-0.15, -0.1) is 0 Å². The summed E-state index contributed by atoms with van der Waals surface area (Å²) in [5.41, 5.74) is 31.9. The van der Waals surface area contributed by atoms with Gasteiger partial charge in [0.05, 0.1) is 30.4 Å². The lowest BCUT2D eigenvalue weighted by atomic mass is 9.84. The number of hydrogen-bond acceptors (Lipinski definition) is 10. The SMILES string of the molecule is CC(N)C1O[C@H](O[C@@H]2C(N=[N+]=[N-])C[C@@H](N=[N+]=[N-])C(O)C2O)C(N=[N+]=[N-])C(O)[C@@H]1O. The standard InChI is InChI=1S/C13H22N10O6/c1-3(14)11-10(27)8(25)6(20-23-17)13(28-11)29-12-5(19-22-16)2-4(18-21-15)7(24)9(12)26/h3-13,24-27H,2,14H2,1H3/t3?,4-,5?,6?,7?,8?,9?,10+,11?,12-,13-/m1/s1. The molecule has 29 heavy (non-hydrogen) atoms. The third-order valence-corrected chi connectivity index (χ3v) is 4.94. The molecule has 7 unspecified atom stereocenters. The van der Waals surface area contributed by atoms with Crippen molar-refractivity contribution < 1.29 is 29.9 Å². The Morgan fingerprint density at radius 2 is 1.52 bits per heavy atom. The highest BCUT2D eigenvalue weighted by atomic mass is 16.7. The first kappa shape index (κ1) is 22.9. The van der Waals surface area contributed by atoms with Crippen molar-refractivity contribution in [2.45, 2.75) is 80.4 Å². The molecule has 1 aliphatic carbocycles. The molecule has 2 rings (SSSR count). The average molecular weight is 414 g/mol. The minimum atomic E-state index is -1.66. The Labute approximate surface area is 163 Å². The first-order chi connectivity index (χ1) is 13.8. The minimum absolute atomic E-state index is 0.141. The molecule has 0 aromatic carbocycles. The van der Waals surface area contributed by atoms with E-state index in [9.17, 15) is 20.4 Å². The molecular formula is C13H22N10O6. The molecule has 0 aromatic heterocycles. The van der Waals surface area contributed by atoms with E-state index in [0.717, 1.165) is 0 Å². The minimum Gasteiger partial charge on any atom is -0.390 e. The summed E-state index contributed by atoms with van der Waals surface area (Å²) in [5, 5.41) is 51.4.